The van der Waals surface area contributed by atoms with E-state index in [4.69, 9.17) is 16.3 Å². The molecule has 2 aliphatic heterocycles. The smallest absolute Gasteiger partial charge is 0.324 e. The van der Waals surface area contributed by atoms with Crippen LogP contribution >= 0.6 is 11.6 Å². The molecule has 4 unspecified atom stereocenters. The zero-order valence-corrected chi connectivity index (χ0v) is 21.1. The van der Waals surface area contributed by atoms with E-state index in [2.05, 4.69) is 5.32 Å². The summed E-state index contributed by atoms with van der Waals surface area (Å²) in [6.07, 6.45) is 0. The van der Waals surface area contributed by atoms with Crippen molar-refractivity contribution < 1.29 is 23.9 Å². The number of rotatable bonds is 6. The van der Waals surface area contributed by atoms with Crippen LogP contribution in [0.3, 0.4) is 0 Å². The molecule has 1 spiro atoms. The number of likely N-dealkylation sites (N-methyl/N-ethyl adjacent to an activating group) is 1. The number of hydrogen-bond acceptors (Lipinski definition) is 6. The second kappa shape index (κ2) is 9.57. The summed E-state index contributed by atoms with van der Waals surface area (Å²) in [5, 5.41) is 3.22. The highest BCUT2D eigenvalue weighted by atomic mass is 35.5. The molecule has 1 fully saturated rings. The number of nitrogens with one attached hydrogen (secondary N) is 1. The molecular weight excluding hydrogens is 492 g/mol. The lowest BCUT2D eigenvalue weighted by atomic mass is 9.69. The number of fused-ring (bicyclic) bond motifs is 2. The van der Waals surface area contributed by atoms with Crippen LogP contribution in [0.1, 0.15) is 33.2 Å². The Bertz CT molecular complexity index is 1390. The minimum Gasteiger partial charge on any atom is -0.465 e. The van der Waals surface area contributed by atoms with Crippen LogP contribution in [-0.2, 0) is 19.9 Å². The molecular formula is C29H25ClN2O5. The lowest BCUT2D eigenvalue weighted by molar-refractivity contribution is -0.150. The van der Waals surface area contributed by atoms with E-state index in [1.54, 1.807) is 92.8 Å². The van der Waals surface area contributed by atoms with Crippen molar-refractivity contribution in [2.24, 2.45) is 11.8 Å². The fourth-order valence-electron chi connectivity index (χ4n) is 5.82. The molecule has 0 radical (unpaired) electrons. The number of hydrogen-bond donors (Lipinski definition) is 1. The first-order valence-corrected chi connectivity index (χ1v) is 12.4. The monoisotopic (exact) mass is 516 g/mol. The zero-order valence-electron chi connectivity index (χ0n) is 20.3. The normalized spacial score (nSPS) is 24.5. The summed E-state index contributed by atoms with van der Waals surface area (Å²) in [5.74, 6) is -4.45. The Kier molecular flexibility index (Phi) is 6.43. The molecule has 3 aromatic carbocycles. The summed E-state index contributed by atoms with van der Waals surface area (Å²) < 4.78 is 5.39. The Hall–Kier alpha value is -3.81. The van der Waals surface area contributed by atoms with Crippen molar-refractivity contribution in [2.45, 2.75) is 18.5 Å². The molecule has 8 heteroatoms. The lowest BCUT2D eigenvalue weighted by Crippen LogP contribution is -2.53. The van der Waals surface area contributed by atoms with Crippen LogP contribution in [0.5, 0.6) is 0 Å². The van der Waals surface area contributed by atoms with Crippen molar-refractivity contribution >= 4 is 40.7 Å². The predicted octanol–water partition coefficient (Wildman–Crippen LogP) is 4.36. The Balaban J connectivity index is 1.81. The number of halogens is 1. The summed E-state index contributed by atoms with van der Waals surface area (Å²) in [6, 6.07) is 20.7. The number of benzene rings is 3. The first-order valence-electron chi connectivity index (χ1n) is 12.0. The van der Waals surface area contributed by atoms with E-state index in [9.17, 15) is 19.2 Å². The lowest BCUT2D eigenvalue weighted by Gasteiger charge is -2.36. The molecule has 0 bridgehead atoms. The third-order valence-corrected chi connectivity index (χ3v) is 7.57. The van der Waals surface area contributed by atoms with E-state index >= 15 is 0 Å². The number of ether oxygens (including phenoxy) is 1. The van der Waals surface area contributed by atoms with Gasteiger partial charge in [-0.25, -0.2) is 0 Å². The van der Waals surface area contributed by atoms with Crippen LogP contribution < -0.4 is 5.32 Å². The molecule has 188 valence electrons. The van der Waals surface area contributed by atoms with Gasteiger partial charge in [-0.15, -0.1) is 0 Å². The molecule has 0 aromatic heterocycles. The Labute approximate surface area is 219 Å². The Morgan fingerprint density at radius 2 is 1.54 bits per heavy atom. The van der Waals surface area contributed by atoms with E-state index < -0.39 is 46.9 Å². The fraction of sp³-hybridized carbons (Fsp3) is 0.241. The van der Waals surface area contributed by atoms with Crippen molar-refractivity contribution in [1.29, 1.82) is 0 Å². The molecule has 2 aliphatic rings. The number of likely N-dealkylation sites (tertiary alicyclic amines) is 1. The van der Waals surface area contributed by atoms with Crippen LogP contribution in [0.25, 0.3) is 0 Å². The maximum absolute atomic E-state index is 14.3. The van der Waals surface area contributed by atoms with Gasteiger partial charge in [0.25, 0.3) is 0 Å². The van der Waals surface area contributed by atoms with Crippen molar-refractivity contribution in [3.8, 4) is 0 Å². The average molecular weight is 517 g/mol. The van der Waals surface area contributed by atoms with Crippen LogP contribution in [0.2, 0.25) is 5.02 Å². The molecule has 5 rings (SSSR count). The maximum Gasteiger partial charge on any atom is 0.324 e. The number of amides is 1. The highest BCUT2D eigenvalue weighted by molar-refractivity contribution is 6.31. The molecule has 3 aromatic rings. The quantitative estimate of drug-likeness (QED) is 0.386. The van der Waals surface area contributed by atoms with Crippen molar-refractivity contribution in [3.05, 3.63) is 101 Å². The molecule has 7 nitrogen and oxygen atoms in total. The van der Waals surface area contributed by atoms with Crippen LogP contribution in [-0.4, -0.2) is 48.0 Å². The number of carbonyl (C=O) groups excluding carboxylic acids is 4. The van der Waals surface area contributed by atoms with Gasteiger partial charge < -0.3 is 10.1 Å². The van der Waals surface area contributed by atoms with Crippen molar-refractivity contribution in [3.63, 3.8) is 0 Å². The third-order valence-electron chi connectivity index (χ3n) is 7.34. The largest absolute Gasteiger partial charge is 0.465 e. The summed E-state index contributed by atoms with van der Waals surface area (Å²) in [7, 11) is 1.58. The predicted molar refractivity (Wildman–Crippen MR) is 138 cm³/mol. The molecule has 4 atom stereocenters. The van der Waals surface area contributed by atoms with Crippen LogP contribution in [0.15, 0.2) is 78.9 Å². The van der Waals surface area contributed by atoms with Crippen LogP contribution in [0, 0.1) is 11.8 Å². The highest BCUT2D eigenvalue weighted by Gasteiger charge is 2.70. The molecule has 1 N–H and O–H groups in total. The van der Waals surface area contributed by atoms with E-state index in [-0.39, 0.29) is 6.61 Å². The van der Waals surface area contributed by atoms with Gasteiger partial charge in [-0.3, -0.25) is 24.1 Å². The highest BCUT2D eigenvalue weighted by Crippen LogP contribution is 2.56. The minimum atomic E-state index is -1.67. The average Bonchev–Trinajstić information content (AvgIpc) is 3.35. The molecule has 0 aliphatic carbocycles. The van der Waals surface area contributed by atoms with Crippen molar-refractivity contribution in [1.82, 2.24) is 4.90 Å². The van der Waals surface area contributed by atoms with Gasteiger partial charge >= 0.3 is 5.97 Å². The zero-order chi connectivity index (χ0) is 26.3. The van der Waals surface area contributed by atoms with Gasteiger partial charge in [-0.05, 0) is 32.2 Å². The summed E-state index contributed by atoms with van der Waals surface area (Å²) >= 11 is 6.37. The second-order valence-corrected chi connectivity index (χ2v) is 9.62. The van der Waals surface area contributed by atoms with Gasteiger partial charge in [0.15, 0.2) is 11.6 Å². The molecule has 0 saturated carbocycles. The first kappa shape index (κ1) is 24.9. The number of carbonyl (C=O) groups is 4. The fourth-order valence-corrected chi connectivity index (χ4v) is 5.99. The van der Waals surface area contributed by atoms with E-state index in [1.165, 1.54) is 4.90 Å². The van der Waals surface area contributed by atoms with Crippen molar-refractivity contribution in [2.75, 3.05) is 19.0 Å². The number of esters is 1. The van der Waals surface area contributed by atoms with Gasteiger partial charge in [0.2, 0.25) is 5.91 Å². The minimum absolute atomic E-state index is 0.0777. The van der Waals surface area contributed by atoms with Gasteiger partial charge in [0, 0.05) is 27.4 Å². The van der Waals surface area contributed by atoms with Crippen LogP contribution in [0.4, 0.5) is 5.69 Å². The Morgan fingerprint density at radius 3 is 2.14 bits per heavy atom. The number of ketones is 2. The second-order valence-electron chi connectivity index (χ2n) is 9.18. The van der Waals surface area contributed by atoms with Gasteiger partial charge in [0.1, 0.15) is 11.6 Å². The standard InChI is InChI=1S/C29H25ClN2O5/c1-3-37-27(35)24-22(25(33)17-10-6-4-7-11-17)23(26(34)18-12-8-5-9-13-18)29(32(24)2)20-16-19(30)14-15-21(20)31-28(29)36/h4-16,22-24H,3H2,1-2H3,(H,31,36). The number of anilines is 1. The number of nitrogens with zero attached hydrogens (tertiary/aromatic N) is 1. The van der Waals surface area contributed by atoms with E-state index in [0.29, 0.717) is 27.4 Å². The van der Waals surface area contributed by atoms with Gasteiger partial charge in [0.05, 0.1) is 18.4 Å². The molecule has 37 heavy (non-hydrogen) atoms. The van der Waals surface area contributed by atoms with E-state index in [1.807, 2.05) is 0 Å². The SMILES string of the molecule is CCOC(=O)C1C(C(=O)c2ccccc2)C(C(=O)c2ccccc2)C2(C(=O)Nc3ccc(Cl)cc32)N1C. The summed E-state index contributed by atoms with van der Waals surface area (Å²) in [5.41, 5.74) is -0.0802. The molecule has 1 saturated heterocycles. The maximum atomic E-state index is 14.3. The van der Waals surface area contributed by atoms with Gasteiger partial charge in [-0.1, -0.05) is 72.3 Å². The number of Topliss-reactive ketones (excluding diaryl/α,β-unsaturated/α-hetero) is 2. The topological polar surface area (TPSA) is 92.8 Å². The first-order chi connectivity index (χ1) is 17.8. The third kappa shape index (κ3) is 3.77. The van der Waals surface area contributed by atoms with Gasteiger partial charge in [-0.2, -0.15) is 0 Å². The molecule has 1 amide bonds. The summed E-state index contributed by atoms with van der Waals surface area (Å²) in [4.78, 5) is 57.4. The molecule has 2 heterocycles. The van der Waals surface area contributed by atoms with E-state index in [0.717, 1.165) is 0 Å². The summed E-state index contributed by atoms with van der Waals surface area (Å²) in [6.45, 7) is 1.74. The Morgan fingerprint density at radius 1 is 0.946 bits per heavy atom.